The molecule has 5 nitrogen and oxygen atoms in total. The molecule has 144 valence electrons. The number of hydrogen-bond acceptors (Lipinski definition) is 4. The minimum Gasteiger partial charge on any atom is -0.493 e. The predicted octanol–water partition coefficient (Wildman–Crippen LogP) is 5.19. The summed E-state index contributed by atoms with van der Waals surface area (Å²) in [5.41, 5.74) is 1.89. The van der Waals surface area contributed by atoms with Crippen molar-refractivity contribution in [3.8, 4) is 17.2 Å². The topological polar surface area (TPSA) is 56.8 Å². The summed E-state index contributed by atoms with van der Waals surface area (Å²) in [5.74, 6) is 0.904. The third kappa shape index (κ3) is 4.56. The second kappa shape index (κ2) is 9.15. The number of carbonyl (C=O) groups excluding carboxylic acids is 1. The molecule has 0 heterocycles. The number of rotatable bonds is 7. The van der Waals surface area contributed by atoms with E-state index in [4.69, 9.17) is 25.8 Å². The van der Waals surface area contributed by atoms with E-state index >= 15 is 0 Å². The molecule has 0 saturated heterocycles. The molecule has 6 heteroatoms. The Morgan fingerprint density at radius 1 is 0.929 bits per heavy atom. The Bertz CT molecular complexity index is 935. The molecule has 1 amide bonds. The highest BCUT2D eigenvalue weighted by Gasteiger charge is 2.18. The maximum atomic E-state index is 12.7. The van der Waals surface area contributed by atoms with Crippen molar-refractivity contribution in [2.75, 3.05) is 19.5 Å². The number of amides is 1. The first kappa shape index (κ1) is 19.6. The van der Waals surface area contributed by atoms with Crippen LogP contribution in [0.2, 0.25) is 5.02 Å². The average Bonchev–Trinajstić information content (AvgIpc) is 2.73. The van der Waals surface area contributed by atoms with Gasteiger partial charge in [-0.2, -0.15) is 0 Å². The first-order valence-corrected chi connectivity index (χ1v) is 8.98. The predicted molar refractivity (Wildman–Crippen MR) is 110 cm³/mol. The van der Waals surface area contributed by atoms with Crippen LogP contribution in [-0.4, -0.2) is 20.1 Å². The van der Waals surface area contributed by atoms with Gasteiger partial charge in [0.2, 0.25) is 5.75 Å². The molecule has 0 unspecified atom stereocenters. The molecule has 3 rings (SSSR count). The van der Waals surface area contributed by atoms with E-state index in [-0.39, 0.29) is 5.91 Å². The van der Waals surface area contributed by atoms with E-state index in [9.17, 15) is 4.79 Å². The van der Waals surface area contributed by atoms with Crippen LogP contribution < -0.4 is 19.5 Å². The third-order valence-corrected chi connectivity index (χ3v) is 4.40. The molecule has 0 aliphatic carbocycles. The molecular formula is C22H20ClNO4. The van der Waals surface area contributed by atoms with Crippen molar-refractivity contribution in [1.82, 2.24) is 0 Å². The summed E-state index contributed by atoms with van der Waals surface area (Å²) in [6.07, 6.45) is 0. The molecule has 0 aliphatic rings. The molecule has 0 bridgehead atoms. The number of anilines is 1. The average molecular weight is 398 g/mol. The van der Waals surface area contributed by atoms with Crippen LogP contribution in [0, 0.1) is 0 Å². The van der Waals surface area contributed by atoms with Crippen LogP contribution >= 0.6 is 11.6 Å². The highest BCUT2D eigenvalue weighted by atomic mass is 35.5. The molecular weight excluding hydrogens is 378 g/mol. The molecule has 0 atom stereocenters. The van der Waals surface area contributed by atoms with E-state index < -0.39 is 0 Å². The molecule has 0 saturated carbocycles. The van der Waals surface area contributed by atoms with Crippen molar-refractivity contribution < 1.29 is 19.0 Å². The van der Waals surface area contributed by atoms with E-state index in [1.54, 1.807) is 36.4 Å². The largest absolute Gasteiger partial charge is 0.493 e. The first-order valence-electron chi connectivity index (χ1n) is 8.61. The summed E-state index contributed by atoms with van der Waals surface area (Å²) < 4.78 is 16.8. The van der Waals surface area contributed by atoms with Gasteiger partial charge in [-0.25, -0.2) is 0 Å². The quantitative estimate of drug-likeness (QED) is 0.596. The number of halogens is 1. The molecule has 0 fully saturated rings. The molecule has 0 radical (unpaired) electrons. The summed E-state index contributed by atoms with van der Waals surface area (Å²) in [5, 5.41) is 3.24. The highest BCUT2D eigenvalue weighted by molar-refractivity contribution is 6.33. The Morgan fingerprint density at radius 2 is 1.54 bits per heavy atom. The minimum absolute atomic E-state index is 0.334. The van der Waals surface area contributed by atoms with Crippen LogP contribution in [0.5, 0.6) is 17.2 Å². The lowest BCUT2D eigenvalue weighted by Crippen LogP contribution is -2.13. The summed E-state index contributed by atoms with van der Waals surface area (Å²) in [6.45, 7) is 0.346. The van der Waals surface area contributed by atoms with Gasteiger partial charge in [0.1, 0.15) is 6.61 Å². The Morgan fingerprint density at radius 3 is 2.14 bits per heavy atom. The number of para-hydroxylation sites is 1. The van der Waals surface area contributed by atoms with Crippen molar-refractivity contribution in [2.45, 2.75) is 6.61 Å². The second-order valence-electron chi connectivity index (χ2n) is 5.92. The van der Waals surface area contributed by atoms with Gasteiger partial charge in [0.25, 0.3) is 5.91 Å². The first-order chi connectivity index (χ1) is 13.6. The van der Waals surface area contributed by atoms with E-state index in [2.05, 4.69) is 5.32 Å². The zero-order valence-electron chi connectivity index (χ0n) is 15.6. The van der Waals surface area contributed by atoms with Gasteiger partial charge in [-0.15, -0.1) is 0 Å². The van der Waals surface area contributed by atoms with Gasteiger partial charge in [-0.3, -0.25) is 4.79 Å². The van der Waals surface area contributed by atoms with Crippen molar-refractivity contribution in [3.05, 3.63) is 82.9 Å². The number of carbonyl (C=O) groups is 1. The van der Waals surface area contributed by atoms with Gasteiger partial charge in [0.15, 0.2) is 11.5 Å². The normalized spacial score (nSPS) is 10.2. The number of methoxy groups -OCH3 is 2. The van der Waals surface area contributed by atoms with Gasteiger partial charge in [-0.1, -0.05) is 54.1 Å². The van der Waals surface area contributed by atoms with Crippen LogP contribution in [0.25, 0.3) is 0 Å². The Labute approximate surface area is 168 Å². The lowest BCUT2D eigenvalue weighted by Gasteiger charge is -2.16. The lowest BCUT2D eigenvalue weighted by molar-refractivity contribution is 0.102. The molecule has 0 spiro atoms. The van der Waals surface area contributed by atoms with E-state index in [1.807, 2.05) is 30.3 Å². The van der Waals surface area contributed by atoms with Crippen LogP contribution in [0.3, 0.4) is 0 Å². The van der Waals surface area contributed by atoms with E-state index in [0.717, 1.165) is 5.56 Å². The molecule has 1 N–H and O–H groups in total. The fourth-order valence-electron chi connectivity index (χ4n) is 2.64. The zero-order valence-corrected chi connectivity index (χ0v) is 16.3. The fraction of sp³-hybridized carbons (Fsp3) is 0.136. The smallest absolute Gasteiger partial charge is 0.255 e. The molecule has 0 aliphatic heterocycles. The summed E-state index contributed by atoms with van der Waals surface area (Å²) in [7, 11) is 3.03. The lowest BCUT2D eigenvalue weighted by atomic mass is 10.1. The second-order valence-corrected chi connectivity index (χ2v) is 6.33. The van der Waals surface area contributed by atoms with Gasteiger partial charge in [0.05, 0.1) is 24.9 Å². The summed E-state index contributed by atoms with van der Waals surface area (Å²) >= 11 is 6.11. The van der Waals surface area contributed by atoms with Crippen molar-refractivity contribution >= 4 is 23.2 Å². The zero-order chi connectivity index (χ0) is 19.9. The number of nitrogens with one attached hydrogen (secondary N) is 1. The molecule has 3 aromatic carbocycles. The number of hydrogen-bond donors (Lipinski definition) is 1. The van der Waals surface area contributed by atoms with Crippen molar-refractivity contribution in [2.24, 2.45) is 0 Å². The third-order valence-electron chi connectivity index (χ3n) is 4.07. The summed E-state index contributed by atoms with van der Waals surface area (Å²) in [6, 6.07) is 20.0. The van der Waals surface area contributed by atoms with Crippen LogP contribution in [0.4, 0.5) is 5.69 Å². The van der Waals surface area contributed by atoms with Gasteiger partial charge in [-0.05, 0) is 29.8 Å². The van der Waals surface area contributed by atoms with E-state index in [0.29, 0.717) is 40.1 Å². The van der Waals surface area contributed by atoms with Crippen molar-refractivity contribution in [1.29, 1.82) is 0 Å². The van der Waals surface area contributed by atoms with Gasteiger partial charge in [0, 0.05) is 5.56 Å². The Balaban J connectivity index is 1.85. The Kier molecular flexibility index (Phi) is 6.40. The minimum atomic E-state index is -0.334. The maximum Gasteiger partial charge on any atom is 0.255 e. The summed E-state index contributed by atoms with van der Waals surface area (Å²) in [4.78, 5) is 12.7. The van der Waals surface area contributed by atoms with Crippen LogP contribution in [0.15, 0.2) is 66.7 Å². The van der Waals surface area contributed by atoms with E-state index in [1.165, 1.54) is 14.2 Å². The maximum absolute atomic E-state index is 12.7. The van der Waals surface area contributed by atoms with Crippen LogP contribution in [-0.2, 0) is 6.61 Å². The van der Waals surface area contributed by atoms with Gasteiger partial charge < -0.3 is 19.5 Å². The standard InChI is InChI=1S/C22H20ClNO4/c1-26-19-12-16(22(25)24-18-11-7-6-10-17(18)23)13-20(27-2)21(19)28-14-15-8-4-3-5-9-15/h3-13H,14H2,1-2H3,(H,24,25). The molecule has 28 heavy (non-hydrogen) atoms. The van der Waals surface area contributed by atoms with Crippen molar-refractivity contribution in [3.63, 3.8) is 0 Å². The van der Waals surface area contributed by atoms with Gasteiger partial charge >= 0.3 is 0 Å². The Hall–Kier alpha value is -3.18. The number of ether oxygens (including phenoxy) is 3. The van der Waals surface area contributed by atoms with Crippen LogP contribution in [0.1, 0.15) is 15.9 Å². The fourth-order valence-corrected chi connectivity index (χ4v) is 2.82. The monoisotopic (exact) mass is 397 g/mol. The number of benzene rings is 3. The SMILES string of the molecule is COc1cc(C(=O)Nc2ccccc2Cl)cc(OC)c1OCc1ccccc1. The molecule has 0 aromatic heterocycles. The highest BCUT2D eigenvalue weighted by Crippen LogP contribution is 2.39. The molecule has 3 aromatic rings.